The molecule has 0 bridgehead atoms. The minimum absolute atomic E-state index is 0.0606. The molecule has 1 heterocycles. The van der Waals surface area contributed by atoms with Gasteiger partial charge in [-0.2, -0.15) is 4.37 Å². The number of aromatic nitrogens is 2. The van der Waals surface area contributed by atoms with Crippen molar-refractivity contribution >= 4 is 22.6 Å². The summed E-state index contributed by atoms with van der Waals surface area (Å²) in [6.45, 7) is 4.38. The lowest BCUT2D eigenvalue weighted by molar-refractivity contribution is -0.136. The third-order valence-electron chi connectivity index (χ3n) is 3.17. The summed E-state index contributed by atoms with van der Waals surface area (Å²) >= 11 is 1.26. The van der Waals surface area contributed by atoms with E-state index >= 15 is 0 Å². The Labute approximate surface area is 132 Å². The Balaban J connectivity index is 2.07. The average molecular weight is 323 g/mol. The topological polar surface area (TPSA) is 66.3 Å². The van der Waals surface area contributed by atoms with Crippen molar-refractivity contribution in [3.63, 3.8) is 0 Å². The van der Waals surface area contributed by atoms with E-state index in [1.54, 1.807) is 12.1 Å². The Morgan fingerprint density at radius 1 is 1.36 bits per heavy atom. The smallest absolute Gasteiger partial charge is 0.305 e. The molecule has 0 aliphatic heterocycles. The molecule has 0 saturated heterocycles. The van der Waals surface area contributed by atoms with Gasteiger partial charge in [0, 0.05) is 30.5 Å². The minimum atomic E-state index is -0.832. The highest BCUT2D eigenvalue weighted by molar-refractivity contribution is 7.09. The number of halogens is 1. The van der Waals surface area contributed by atoms with Crippen molar-refractivity contribution in [1.82, 2.24) is 9.36 Å². The van der Waals surface area contributed by atoms with Crippen LogP contribution < -0.4 is 4.90 Å². The maximum absolute atomic E-state index is 12.9. The normalized spacial score (nSPS) is 10.9. The van der Waals surface area contributed by atoms with E-state index in [0.29, 0.717) is 23.9 Å². The summed E-state index contributed by atoms with van der Waals surface area (Å²) in [4.78, 5) is 17.1. The van der Waals surface area contributed by atoms with Gasteiger partial charge in [0.2, 0.25) is 5.13 Å². The zero-order valence-electron chi connectivity index (χ0n) is 12.5. The van der Waals surface area contributed by atoms with E-state index in [1.165, 1.54) is 23.7 Å². The van der Waals surface area contributed by atoms with Crippen LogP contribution in [0.2, 0.25) is 0 Å². The van der Waals surface area contributed by atoms with Crippen LogP contribution in [0.25, 0.3) is 0 Å². The van der Waals surface area contributed by atoms with E-state index in [4.69, 9.17) is 5.11 Å². The van der Waals surface area contributed by atoms with E-state index in [-0.39, 0.29) is 18.3 Å². The molecule has 0 amide bonds. The van der Waals surface area contributed by atoms with Gasteiger partial charge in [-0.15, -0.1) is 0 Å². The fraction of sp³-hybridized carbons (Fsp3) is 0.400. The van der Waals surface area contributed by atoms with Gasteiger partial charge in [-0.25, -0.2) is 9.37 Å². The Hall–Kier alpha value is -2.02. The minimum Gasteiger partial charge on any atom is -0.481 e. The van der Waals surface area contributed by atoms with Crippen LogP contribution in [-0.2, 0) is 11.2 Å². The van der Waals surface area contributed by atoms with E-state index in [9.17, 15) is 9.18 Å². The SMILES string of the molecule is CC(C)N(CCC(=O)O)c1nc(Cc2ccc(F)cc2)ns1. The molecule has 1 aromatic carbocycles. The van der Waals surface area contributed by atoms with Gasteiger partial charge in [0.25, 0.3) is 0 Å². The lowest BCUT2D eigenvalue weighted by Crippen LogP contribution is -2.32. The molecule has 5 nitrogen and oxygen atoms in total. The molecule has 0 fully saturated rings. The van der Waals surface area contributed by atoms with Crippen molar-refractivity contribution in [3.8, 4) is 0 Å². The Morgan fingerprint density at radius 3 is 2.64 bits per heavy atom. The monoisotopic (exact) mass is 323 g/mol. The zero-order chi connectivity index (χ0) is 16.1. The van der Waals surface area contributed by atoms with Crippen molar-refractivity contribution in [1.29, 1.82) is 0 Å². The van der Waals surface area contributed by atoms with Crippen LogP contribution in [0.3, 0.4) is 0 Å². The molecule has 0 unspecified atom stereocenters. The van der Waals surface area contributed by atoms with Gasteiger partial charge in [0.1, 0.15) is 11.6 Å². The second-order valence-corrected chi connectivity index (χ2v) is 5.96. The Kier molecular flexibility index (Phi) is 5.43. The van der Waals surface area contributed by atoms with Gasteiger partial charge in [-0.3, -0.25) is 4.79 Å². The maximum atomic E-state index is 12.9. The van der Waals surface area contributed by atoms with E-state index in [1.807, 2.05) is 18.7 Å². The molecule has 0 saturated carbocycles. The lowest BCUT2D eigenvalue weighted by Gasteiger charge is -2.24. The number of hydrogen-bond donors (Lipinski definition) is 1. The van der Waals surface area contributed by atoms with Crippen LogP contribution in [0.5, 0.6) is 0 Å². The average Bonchev–Trinajstić information content (AvgIpc) is 2.89. The van der Waals surface area contributed by atoms with Crippen LogP contribution in [-0.4, -0.2) is 33.0 Å². The zero-order valence-corrected chi connectivity index (χ0v) is 13.3. The molecule has 0 aliphatic carbocycles. The number of rotatable bonds is 7. The molecular weight excluding hydrogens is 305 g/mol. The summed E-state index contributed by atoms with van der Waals surface area (Å²) in [7, 11) is 0. The maximum Gasteiger partial charge on any atom is 0.305 e. The first-order chi connectivity index (χ1) is 10.5. The lowest BCUT2D eigenvalue weighted by atomic mass is 10.1. The third kappa shape index (κ3) is 4.49. The molecule has 2 aromatic rings. The quantitative estimate of drug-likeness (QED) is 0.848. The van der Waals surface area contributed by atoms with Gasteiger partial charge >= 0.3 is 5.97 Å². The van der Waals surface area contributed by atoms with Crippen molar-refractivity contribution in [2.24, 2.45) is 0 Å². The number of anilines is 1. The highest BCUT2D eigenvalue weighted by atomic mass is 32.1. The third-order valence-corrected chi connectivity index (χ3v) is 3.96. The van der Waals surface area contributed by atoms with Crippen LogP contribution in [0.4, 0.5) is 9.52 Å². The Morgan fingerprint density at radius 2 is 2.05 bits per heavy atom. The number of hydrogen-bond acceptors (Lipinski definition) is 5. The first-order valence-electron chi connectivity index (χ1n) is 7.01. The predicted molar refractivity (Wildman–Crippen MR) is 83.8 cm³/mol. The molecular formula is C15H18FN3O2S. The summed E-state index contributed by atoms with van der Waals surface area (Å²) in [5.41, 5.74) is 0.937. The predicted octanol–water partition coefficient (Wildman–Crippen LogP) is 2.96. The van der Waals surface area contributed by atoms with Crippen molar-refractivity contribution in [2.75, 3.05) is 11.4 Å². The number of aliphatic carboxylic acids is 1. The van der Waals surface area contributed by atoms with Gasteiger partial charge in [-0.05, 0) is 31.5 Å². The van der Waals surface area contributed by atoms with Crippen LogP contribution in [0.1, 0.15) is 31.7 Å². The van der Waals surface area contributed by atoms with Crippen LogP contribution >= 0.6 is 11.5 Å². The number of carbonyl (C=O) groups is 1. The summed E-state index contributed by atoms with van der Waals surface area (Å²) < 4.78 is 17.2. The molecule has 2 rings (SSSR count). The molecule has 1 N–H and O–H groups in total. The fourth-order valence-electron chi connectivity index (χ4n) is 2.01. The highest BCUT2D eigenvalue weighted by Crippen LogP contribution is 2.21. The van der Waals surface area contributed by atoms with E-state index in [2.05, 4.69) is 9.36 Å². The summed E-state index contributed by atoms with van der Waals surface area (Å²) in [5.74, 6) is -0.440. The summed E-state index contributed by atoms with van der Waals surface area (Å²) in [6, 6.07) is 6.39. The van der Waals surface area contributed by atoms with Gasteiger partial charge in [0.05, 0.1) is 6.42 Å². The largest absolute Gasteiger partial charge is 0.481 e. The van der Waals surface area contributed by atoms with Crippen LogP contribution in [0.15, 0.2) is 24.3 Å². The van der Waals surface area contributed by atoms with Crippen LogP contribution in [0, 0.1) is 5.82 Å². The van der Waals surface area contributed by atoms with E-state index < -0.39 is 5.97 Å². The van der Waals surface area contributed by atoms with Crippen molar-refractivity contribution < 1.29 is 14.3 Å². The second kappa shape index (κ2) is 7.31. The van der Waals surface area contributed by atoms with Gasteiger partial charge < -0.3 is 10.0 Å². The molecule has 0 atom stereocenters. The summed E-state index contributed by atoms with van der Waals surface area (Å²) in [6.07, 6.45) is 0.590. The highest BCUT2D eigenvalue weighted by Gasteiger charge is 2.17. The molecule has 7 heteroatoms. The van der Waals surface area contributed by atoms with Gasteiger partial charge in [0.15, 0.2) is 0 Å². The number of benzene rings is 1. The standard InChI is InChI=1S/C15H18FN3O2S/c1-10(2)19(8-7-14(20)21)15-17-13(18-22-15)9-11-3-5-12(16)6-4-11/h3-6,10H,7-9H2,1-2H3,(H,20,21). The Bertz CT molecular complexity index is 628. The molecule has 1 aromatic heterocycles. The van der Waals surface area contributed by atoms with E-state index in [0.717, 1.165) is 5.56 Å². The molecule has 0 aliphatic rings. The van der Waals surface area contributed by atoms with Gasteiger partial charge in [-0.1, -0.05) is 12.1 Å². The number of carboxylic acid groups (broad SMARTS) is 1. The molecule has 22 heavy (non-hydrogen) atoms. The first-order valence-corrected chi connectivity index (χ1v) is 7.78. The molecule has 0 spiro atoms. The number of nitrogens with zero attached hydrogens (tertiary/aromatic N) is 3. The summed E-state index contributed by atoms with van der Waals surface area (Å²) in [5, 5.41) is 9.54. The van der Waals surface area contributed by atoms with Crippen molar-refractivity contribution in [2.45, 2.75) is 32.7 Å². The molecule has 118 valence electrons. The van der Waals surface area contributed by atoms with Crippen molar-refractivity contribution in [3.05, 3.63) is 41.5 Å². The first kappa shape index (κ1) is 16.4. The number of carboxylic acids is 1. The second-order valence-electron chi connectivity index (χ2n) is 5.23. The fourth-order valence-corrected chi connectivity index (χ4v) is 2.85. The molecule has 0 radical (unpaired) electrons.